The first-order chi connectivity index (χ1) is 31.7. The zero-order chi connectivity index (χ0) is 42.1. The van der Waals surface area contributed by atoms with Gasteiger partial charge in [0.1, 0.15) is 0 Å². The summed E-state index contributed by atoms with van der Waals surface area (Å²) < 4.78 is 5.25. The van der Waals surface area contributed by atoms with Gasteiger partial charge in [-0.15, -0.1) is 11.3 Å². The van der Waals surface area contributed by atoms with Crippen molar-refractivity contribution < 1.29 is 0 Å². The van der Waals surface area contributed by atoms with Crippen LogP contribution >= 0.6 is 23.1 Å². The Hall–Kier alpha value is -6.07. The van der Waals surface area contributed by atoms with Crippen molar-refractivity contribution in [2.24, 2.45) is 17.8 Å². The largest absolute Gasteiger partial charge is 0.313 e. The maximum atomic E-state index is 2.51. The lowest BCUT2D eigenvalue weighted by Crippen LogP contribution is -2.20. The molecule has 5 aromatic carbocycles. The van der Waals surface area contributed by atoms with E-state index in [1.807, 2.05) is 11.3 Å². The highest BCUT2D eigenvalue weighted by Crippen LogP contribution is 2.55. The standard InChI is InChI=1S/C60H50N2S2/c1-3-13-39(14-4-1)40-25-31-44(32-26-40)61(45-33-27-41(28-34-45)47-19-11-21-50-49-17-8-10-24-56(49)63-58(47)50)46-35-29-42(30-36-46)48-20-12-22-51-52-37-38-55-57(60(52)64-59(48)51)53-18-7-9-23-54(53)62(55)43-15-5-2-6-16-43/h2-3,5-8,11-13,15-20,22,25,27-40,50H,1,4,9-10,14,21,23-24,26H2. The summed E-state index contributed by atoms with van der Waals surface area (Å²) in [7, 11) is 0. The number of anilines is 2. The molecule has 6 aliphatic rings. The van der Waals surface area contributed by atoms with E-state index in [-0.39, 0.29) is 0 Å². The number of para-hydroxylation sites is 1. The molecule has 13 rings (SSSR count). The van der Waals surface area contributed by atoms with Gasteiger partial charge in [0.2, 0.25) is 0 Å². The Labute approximate surface area is 384 Å². The number of aromatic nitrogens is 1. The molecule has 3 heterocycles. The SMILES string of the molecule is C1=CC(C2C=CC(N(c3ccc(C4=C5SC6=C(C=CCC6)C5CC=C4)cc3)c3ccc(-c4cccc5c4sc4c5ccc5c4c4c(n5-c5ccccc5)CCC=C4)cc3)=CC2)CCC1. The number of hydrogen-bond acceptors (Lipinski definition) is 3. The molecule has 3 atom stereocenters. The number of nitrogens with zero attached hydrogens (tertiary/aromatic N) is 2. The lowest BCUT2D eigenvalue weighted by Gasteiger charge is -2.31. The van der Waals surface area contributed by atoms with Gasteiger partial charge in [-0.2, -0.15) is 0 Å². The highest BCUT2D eigenvalue weighted by Gasteiger charge is 2.33. The Kier molecular flexibility index (Phi) is 9.52. The smallest absolute Gasteiger partial charge is 0.0552 e. The summed E-state index contributed by atoms with van der Waals surface area (Å²) in [5.41, 5.74) is 15.8. The molecular weight excluding hydrogens is 813 g/mol. The molecule has 4 heteroatoms. The number of rotatable bonds is 7. The van der Waals surface area contributed by atoms with Gasteiger partial charge in [0, 0.05) is 70.4 Å². The van der Waals surface area contributed by atoms with E-state index < -0.39 is 0 Å². The maximum absolute atomic E-state index is 2.51. The molecular formula is C60H50N2S2. The third-order valence-electron chi connectivity index (χ3n) is 14.7. The van der Waals surface area contributed by atoms with Crippen LogP contribution in [0.2, 0.25) is 0 Å². The van der Waals surface area contributed by atoms with Crippen LogP contribution < -0.4 is 4.90 Å². The molecule has 312 valence electrons. The fourth-order valence-electron chi connectivity index (χ4n) is 11.5. The molecule has 0 bridgehead atoms. The average Bonchev–Trinajstić information content (AvgIpc) is 4.05. The van der Waals surface area contributed by atoms with E-state index in [0.717, 1.165) is 32.1 Å². The van der Waals surface area contributed by atoms with Crippen LogP contribution in [0.5, 0.6) is 0 Å². The minimum Gasteiger partial charge on any atom is -0.313 e. The first-order valence-electron chi connectivity index (χ1n) is 23.5. The van der Waals surface area contributed by atoms with Crippen LogP contribution in [0.4, 0.5) is 11.4 Å². The second-order valence-electron chi connectivity index (χ2n) is 18.3. The highest BCUT2D eigenvalue weighted by molar-refractivity contribution is 8.07. The van der Waals surface area contributed by atoms with Crippen molar-refractivity contribution in [2.45, 2.75) is 57.8 Å². The molecule has 0 saturated heterocycles. The lowest BCUT2D eigenvalue weighted by molar-refractivity contribution is 0.420. The molecule has 0 spiro atoms. The summed E-state index contributed by atoms with van der Waals surface area (Å²) in [5, 5.41) is 4.07. The van der Waals surface area contributed by atoms with Crippen molar-refractivity contribution >= 4 is 77.2 Å². The normalized spacial score (nSPS) is 21.2. The fraction of sp³-hybridized carbons (Fsp3) is 0.200. The summed E-state index contributed by atoms with van der Waals surface area (Å²) in [6, 6.07) is 41.4. The van der Waals surface area contributed by atoms with E-state index in [0.29, 0.717) is 17.8 Å². The van der Waals surface area contributed by atoms with E-state index in [4.69, 9.17) is 0 Å². The molecule has 2 aromatic heterocycles. The molecule has 2 nitrogen and oxygen atoms in total. The van der Waals surface area contributed by atoms with Gasteiger partial charge in [0.15, 0.2) is 0 Å². The van der Waals surface area contributed by atoms with Crippen LogP contribution in [-0.2, 0) is 6.42 Å². The van der Waals surface area contributed by atoms with E-state index in [9.17, 15) is 0 Å². The average molecular weight is 863 g/mol. The third-order valence-corrected chi connectivity index (χ3v) is 17.4. The highest BCUT2D eigenvalue weighted by atomic mass is 32.2. The van der Waals surface area contributed by atoms with Gasteiger partial charge in [0.05, 0.1) is 5.52 Å². The van der Waals surface area contributed by atoms with E-state index >= 15 is 0 Å². The van der Waals surface area contributed by atoms with Gasteiger partial charge >= 0.3 is 0 Å². The van der Waals surface area contributed by atoms with Gasteiger partial charge < -0.3 is 9.47 Å². The van der Waals surface area contributed by atoms with Crippen molar-refractivity contribution in [2.75, 3.05) is 4.90 Å². The van der Waals surface area contributed by atoms with Crippen LogP contribution in [0.25, 0.3) is 59.5 Å². The van der Waals surface area contributed by atoms with Crippen LogP contribution in [0, 0.1) is 17.8 Å². The minimum atomic E-state index is 0.513. The Morgan fingerprint density at radius 3 is 2.23 bits per heavy atom. The van der Waals surface area contributed by atoms with Crippen molar-refractivity contribution in [3.05, 3.63) is 208 Å². The van der Waals surface area contributed by atoms with Gasteiger partial charge in [-0.05, 0) is 151 Å². The molecule has 3 unspecified atom stereocenters. The third kappa shape index (κ3) is 6.36. The quantitative estimate of drug-likeness (QED) is 0.148. The lowest BCUT2D eigenvalue weighted by atomic mass is 9.80. The summed E-state index contributed by atoms with van der Waals surface area (Å²) >= 11 is 4.01. The second-order valence-corrected chi connectivity index (χ2v) is 20.5. The Morgan fingerprint density at radius 2 is 1.42 bits per heavy atom. The van der Waals surface area contributed by atoms with E-state index in [1.165, 1.54) is 113 Å². The number of thioether (sulfide) groups is 1. The predicted molar refractivity (Wildman–Crippen MR) is 277 cm³/mol. The molecule has 64 heavy (non-hydrogen) atoms. The summed E-state index contributed by atoms with van der Waals surface area (Å²) in [5.74, 6) is 1.71. The van der Waals surface area contributed by atoms with E-state index in [1.54, 1.807) is 15.4 Å². The number of allylic oxidation sites excluding steroid dienone is 14. The van der Waals surface area contributed by atoms with Crippen LogP contribution in [0.1, 0.15) is 68.2 Å². The van der Waals surface area contributed by atoms with Crippen LogP contribution in [0.15, 0.2) is 191 Å². The first kappa shape index (κ1) is 38.4. The van der Waals surface area contributed by atoms with Crippen molar-refractivity contribution in [3.8, 4) is 16.8 Å². The fourth-order valence-corrected chi connectivity index (χ4v) is 14.4. The molecule has 0 amide bonds. The molecule has 7 aromatic rings. The van der Waals surface area contributed by atoms with E-state index in [2.05, 4.69) is 197 Å². The summed E-state index contributed by atoms with van der Waals surface area (Å²) in [4.78, 5) is 5.61. The molecule has 0 saturated carbocycles. The molecule has 1 aliphatic heterocycles. The van der Waals surface area contributed by atoms with Gasteiger partial charge in [-0.3, -0.25) is 0 Å². The second kappa shape index (κ2) is 15.9. The molecule has 0 fully saturated rings. The minimum absolute atomic E-state index is 0.513. The zero-order valence-corrected chi connectivity index (χ0v) is 37.7. The Morgan fingerprint density at radius 1 is 0.609 bits per heavy atom. The number of thiophene rings is 1. The Bertz CT molecular complexity index is 3270. The number of fused-ring (bicyclic) bond motifs is 9. The molecule has 0 radical (unpaired) electrons. The van der Waals surface area contributed by atoms with Gasteiger partial charge in [-0.1, -0.05) is 139 Å². The maximum Gasteiger partial charge on any atom is 0.0552 e. The van der Waals surface area contributed by atoms with Crippen molar-refractivity contribution in [1.82, 2.24) is 4.57 Å². The summed E-state index contributed by atoms with van der Waals surface area (Å²) in [6.07, 6.45) is 37.0. The first-order valence-corrected chi connectivity index (χ1v) is 25.2. The monoisotopic (exact) mass is 862 g/mol. The van der Waals surface area contributed by atoms with Crippen LogP contribution in [-0.4, -0.2) is 4.57 Å². The van der Waals surface area contributed by atoms with Gasteiger partial charge in [-0.25, -0.2) is 0 Å². The van der Waals surface area contributed by atoms with Gasteiger partial charge in [0.25, 0.3) is 0 Å². The topological polar surface area (TPSA) is 8.17 Å². The number of benzene rings is 5. The molecule has 5 aliphatic carbocycles. The number of hydrogen-bond donors (Lipinski definition) is 0. The summed E-state index contributed by atoms with van der Waals surface area (Å²) in [6.45, 7) is 0. The molecule has 0 N–H and O–H groups in total. The zero-order valence-electron chi connectivity index (χ0n) is 36.1. The Balaban J connectivity index is 0.875. The predicted octanol–water partition coefficient (Wildman–Crippen LogP) is 17.2. The van der Waals surface area contributed by atoms with Crippen LogP contribution in [0.3, 0.4) is 0 Å². The van der Waals surface area contributed by atoms with Crippen molar-refractivity contribution in [3.63, 3.8) is 0 Å². The van der Waals surface area contributed by atoms with Crippen molar-refractivity contribution in [1.29, 1.82) is 0 Å².